The molecule has 27 heavy (non-hydrogen) atoms. The summed E-state index contributed by atoms with van der Waals surface area (Å²) in [6.07, 6.45) is 3.27. The highest BCUT2D eigenvalue weighted by molar-refractivity contribution is 5.57. The lowest BCUT2D eigenvalue weighted by Crippen LogP contribution is -2.39. The predicted octanol–water partition coefficient (Wildman–Crippen LogP) is 3.02. The van der Waals surface area contributed by atoms with Gasteiger partial charge in [-0.1, -0.05) is 30.3 Å². The summed E-state index contributed by atoms with van der Waals surface area (Å²) in [6, 6.07) is 19.0. The molecule has 1 aliphatic rings. The summed E-state index contributed by atoms with van der Waals surface area (Å²) in [5.41, 5.74) is 2.30. The molecule has 0 amide bonds. The number of piperidine rings is 1. The standard InChI is InChI=1S/C21H19N5O/c22-15-17-7-4-12-23-21(17)25-13-10-18(11-14-25)26-20(27)9-8-19(24-26)16-5-2-1-3-6-16/h1-9,12,18H,10-11,13-14H2. The molecule has 0 spiro atoms. The maximum atomic E-state index is 12.4. The van der Waals surface area contributed by atoms with E-state index in [1.165, 1.54) is 0 Å². The molecule has 0 unspecified atom stereocenters. The Balaban J connectivity index is 1.55. The zero-order valence-electron chi connectivity index (χ0n) is 14.8. The van der Waals surface area contributed by atoms with E-state index in [1.807, 2.05) is 30.3 Å². The predicted molar refractivity (Wildman–Crippen MR) is 103 cm³/mol. The second-order valence-electron chi connectivity index (χ2n) is 6.57. The molecule has 0 atom stereocenters. The highest BCUT2D eigenvalue weighted by Gasteiger charge is 2.24. The van der Waals surface area contributed by atoms with Gasteiger partial charge < -0.3 is 4.90 Å². The third-order valence-corrected chi connectivity index (χ3v) is 4.91. The van der Waals surface area contributed by atoms with Crippen molar-refractivity contribution < 1.29 is 0 Å². The summed E-state index contributed by atoms with van der Waals surface area (Å²) < 4.78 is 1.61. The van der Waals surface area contributed by atoms with Crippen LogP contribution in [0.4, 0.5) is 5.82 Å². The Kier molecular flexibility index (Phi) is 4.67. The van der Waals surface area contributed by atoms with E-state index in [4.69, 9.17) is 0 Å². The van der Waals surface area contributed by atoms with Crippen LogP contribution in [0.25, 0.3) is 11.3 Å². The zero-order valence-corrected chi connectivity index (χ0v) is 14.8. The molecule has 1 aliphatic heterocycles. The van der Waals surface area contributed by atoms with Crippen LogP contribution in [0.2, 0.25) is 0 Å². The third-order valence-electron chi connectivity index (χ3n) is 4.91. The highest BCUT2D eigenvalue weighted by atomic mass is 16.1. The molecule has 1 saturated heterocycles. The van der Waals surface area contributed by atoms with E-state index in [9.17, 15) is 10.1 Å². The van der Waals surface area contributed by atoms with Crippen molar-refractivity contribution >= 4 is 5.82 Å². The molecule has 6 nitrogen and oxygen atoms in total. The summed E-state index contributed by atoms with van der Waals surface area (Å²) in [5, 5.41) is 13.9. The minimum atomic E-state index is -0.0799. The quantitative estimate of drug-likeness (QED) is 0.720. The van der Waals surface area contributed by atoms with Crippen LogP contribution in [-0.2, 0) is 0 Å². The van der Waals surface area contributed by atoms with Crippen molar-refractivity contribution in [3.05, 3.63) is 76.7 Å². The van der Waals surface area contributed by atoms with Gasteiger partial charge in [0.05, 0.1) is 17.3 Å². The summed E-state index contributed by atoms with van der Waals surface area (Å²) in [7, 11) is 0. The first-order valence-electron chi connectivity index (χ1n) is 9.01. The number of aromatic nitrogens is 3. The largest absolute Gasteiger partial charge is 0.355 e. The number of hydrogen-bond donors (Lipinski definition) is 0. The van der Waals surface area contributed by atoms with E-state index in [0.29, 0.717) is 5.56 Å². The van der Waals surface area contributed by atoms with Crippen LogP contribution in [0.15, 0.2) is 65.6 Å². The summed E-state index contributed by atoms with van der Waals surface area (Å²) in [5.74, 6) is 0.719. The smallest absolute Gasteiger partial charge is 0.267 e. The van der Waals surface area contributed by atoms with Crippen LogP contribution in [0.5, 0.6) is 0 Å². The molecule has 3 heterocycles. The van der Waals surface area contributed by atoms with Crippen LogP contribution in [0.3, 0.4) is 0 Å². The first-order chi connectivity index (χ1) is 13.3. The fourth-order valence-corrected chi connectivity index (χ4v) is 3.51. The number of benzene rings is 1. The average Bonchev–Trinajstić information content (AvgIpc) is 2.75. The SMILES string of the molecule is N#Cc1cccnc1N1CCC(n2nc(-c3ccccc3)ccc2=O)CC1. The summed E-state index contributed by atoms with van der Waals surface area (Å²) in [4.78, 5) is 18.9. The molecule has 2 aromatic heterocycles. The first kappa shape index (κ1) is 17.0. The van der Waals surface area contributed by atoms with Gasteiger partial charge in [-0.2, -0.15) is 10.4 Å². The Morgan fingerprint density at radius 3 is 2.52 bits per heavy atom. The molecule has 3 aromatic rings. The first-order valence-corrected chi connectivity index (χ1v) is 9.01. The van der Waals surface area contributed by atoms with Crippen molar-refractivity contribution in [1.82, 2.24) is 14.8 Å². The van der Waals surface area contributed by atoms with Crippen molar-refractivity contribution in [3.63, 3.8) is 0 Å². The van der Waals surface area contributed by atoms with Crippen LogP contribution in [-0.4, -0.2) is 27.9 Å². The maximum absolute atomic E-state index is 12.4. The average molecular weight is 357 g/mol. The van der Waals surface area contributed by atoms with E-state index in [0.717, 1.165) is 43.0 Å². The Morgan fingerprint density at radius 2 is 1.78 bits per heavy atom. The van der Waals surface area contributed by atoms with Gasteiger partial charge in [0.25, 0.3) is 5.56 Å². The summed E-state index contributed by atoms with van der Waals surface area (Å²) >= 11 is 0. The van der Waals surface area contributed by atoms with Gasteiger partial charge in [0.2, 0.25) is 0 Å². The van der Waals surface area contributed by atoms with Gasteiger partial charge in [0, 0.05) is 30.9 Å². The van der Waals surface area contributed by atoms with Gasteiger partial charge in [0.1, 0.15) is 11.9 Å². The van der Waals surface area contributed by atoms with Gasteiger partial charge in [0.15, 0.2) is 0 Å². The molecule has 0 radical (unpaired) electrons. The fraction of sp³-hybridized carbons (Fsp3) is 0.238. The van der Waals surface area contributed by atoms with Crippen LogP contribution < -0.4 is 10.5 Å². The molecule has 0 bridgehead atoms. The van der Waals surface area contributed by atoms with Gasteiger partial charge in [-0.15, -0.1) is 0 Å². The third kappa shape index (κ3) is 3.44. The van der Waals surface area contributed by atoms with E-state index >= 15 is 0 Å². The molecule has 0 N–H and O–H groups in total. The molecule has 0 saturated carbocycles. The van der Waals surface area contributed by atoms with Gasteiger partial charge in [-0.25, -0.2) is 9.67 Å². The zero-order chi connectivity index (χ0) is 18.6. The molecular formula is C21H19N5O. The second-order valence-corrected chi connectivity index (χ2v) is 6.57. The fourth-order valence-electron chi connectivity index (χ4n) is 3.51. The topological polar surface area (TPSA) is 74.8 Å². The van der Waals surface area contributed by atoms with Crippen molar-refractivity contribution in [3.8, 4) is 17.3 Å². The van der Waals surface area contributed by atoms with Crippen molar-refractivity contribution in [2.24, 2.45) is 0 Å². The molecular weight excluding hydrogens is 338 g/mol. The van der Waals surface area contributed by atoms with Crippen LogP contribution in [0.1, 0.15) is 24.4 Å². The molecule has 1 fully saturated rings. The van der Waals surface area contributed by atoms with Crippen molar-refractivity contribution in [2.45, 2.75) is 18.9 Å². The van der Waals surface area contributed by atoms with Crippen LogP contribution >= 0.6 is 0 Å². The second kappa shape index (κ2) is 7.42. The Bertz CT molecular complexity index is 1030. The lowest BCUT2D eigenvalue weighted by atomic mass is 10.0. The number of hydrogen-bond acceptors (Lipinski definition) is 5. The lowest BCUT2D eigenvalue weighted by Gasteiger charge is -2.33. The monoisotopic (exact) mass is 357 g/mol. The van der Waals surface area contributed by atoms with Crippen LogP contribution in [0, 0.1) is 11.3 Å². The Hall–Kier alpha value is -3.46. The number of pyridine rings is 1. The minimum Gasteiger partial charge on any atom is -0.355 e. The number of rotatable bonds is 3. The number of nitriles is 1. The number of nitrogens with zero attached hydrogens (tertiary/aromatic N) is 5. The minimum absolute atomic E-state index is 0.0478. The van der Waals surface area contributed by atoms with Gasteiger partial charge >= 0.3 is 0 Å². The van der Waals surface area contributed by atoms with E-state index in [1.54, 1.807) is 35.1 Å². The normalized spacial score (nSPS) is 14.7. The van der Waals surface area contributed by atoms with E-state index < -0.39 is 0 Å². The Morgan fingerprint density at radius 1 is 1.00 bits per heavy atom. The molecule has 0 aliphatic carbocycles. The molecule has 1 aromatic carbocycles. The van der Waals surface area contributed by atoms with Crippen molar-refractivity contribution in [2.75, 3.05) is 18.0 Å². The maximum Gasteiger partial charge on any atom is 0.267 e. The summed E-state index contributed by atoms with van der Waals surface area (Å²) in [6.45, 7) is 1.47. The van der Waals surface area contributed by atoms with Gasteiger partial charge in [-0.05, 0) is 31.0 Å². The van der Waals surface area contributed by atoms with Crippen molar-refractivity contribution in [1.29, 1.82) is 5.26 Å². The number of anilines is 1. The molecule has 6 heteroatoms. The van der Waals surface area contributed by atoms with Gasteiger partial charge in [-0.3, -0.25) is 4.79 Å². The molecule has 134 valence electrons. The Labute approximate surface area is 157 Å². The highest BCUT2D eigenvalue weighted by Crippen LogP contribution is 2.26. The van der Waals surface area contributed by atoms with E-state index in [2.05, 4.69) is 21.1 Å². The molecule has 4 rings (SSSR count). The lowest BCUT2D eigenvalue weighted by molar-refractivity contribution is 0.353. The van der Waals surface area contributed by atoms with E-state index in [-0.39, 0.29) is 11.6 Å².